The second kappa shape index (κ2) is 8.13. The Balaban J connectivity index is 1.92. The number of nitrogens with zero attached hydrogens (tertiary/aromatic N) is 4. The number of aryl methyl sites for hydroxylation is 1. The van der Waals surface area contributed by atoms with Gasteiger partial charge >= 0.3 is 0 Å². The number of ketones is 1. The van der Waals surface area contributed by atoms with Gasteiger partial charge in [0.25, 0.3) is 0 Å². The molecule has 0 fully saturated rings. The highest BCUT2D eigenvalue weighted by Crippen LogP contribution is 2.39. The summed E-state index contributed by atoms with van der Waals surface area (Å²) in [7, 11) is 0. The first kappa shape index (κ1) is 21.3. The molecular formula is C22H32N4O3. The minimum Gasteiger partial charge on any atom is -0.348 e. The molecule has 0 radical (unpaired) electrons. The van der Waals surface area contributed by atoms with Crippen LogP contribution < -0.4 is 0 Å². The van der Waals surface area contributed by atoms with Crippen LogP contribution in [0, 0.1) is 19.3 Å². The third-order valence-electron chi connectivity index (χ3n) is 5.73. The van der Waals surface area contributed by atoms with Gasteiger partial charge < -0.3 is 14.0 Å². The van der Waals surface area contributed by atoms with E-state index in [0.29, 0.717) is 24.7 Å². The van der Waals surface area contributed by atoms with E-state index in [1.807, 2.05) is 13.8 Å². The standard InChI is InChI=1S/C22H32N4O3/c1-7-9-26-14(3)16(21-17(26)11-22(5,6)12-18(21)27)10-20(28)25(8-2)13-19-23-15(4)24-29-19/h7-13H2,1-6H3. The number of rotatable bonds is 7. The smallest absolute Gasteiger partial charge is 0.246 e. The van der Waals surface area contributed by atoms with Crippen molar-refractivity contribution in [2.24, 2.45) is 5.41 Å². The Labute approximate surface area is 172 Å². The minimum absolute atomic E-state index is 0.0273. The van der Waals surface area contributed by atoms with Gasteiger partial charge in [-0.25, -0.2) is 0 Å². The highest BCUT2D eigenvalue weighted by molar-refractivity contribution is 6.01. The van der Waals surface area contributed by atoms with Gasteiger partial charge in [-0.15, -0.1) is 0 Å². The van der Waals surface area contributed by atoms with E-state index in [4.69, 9.17) is 4.52 Å². The Morgan fingerprint density at radius 3 is 2.55 bits per heavy atom. The molecule has 29 heavy (non-hydrogen) atoms. The van der Waals surface area contributed by atoms with Crippen LogP contribution >= 0.6 is 0 Å². The van der Waals surface area contributed by atoms with E-state index < -0.39 is 0 Å². The summed E-state index contributed by atoms with van der Waals surface area (Å²) in [6, 6.07) is 0. The lowest BCUT2D eigenvalue weighted by molar-refractivity contribution is -0.131. The molecule has 0 saturated heterocycles. The van der Waals surface area contributed by atoms with Gasteiger partial charge in [-0.1, -0.05) is 25.9 Å². The molecule has 1 amide bonds. The van der Waals surface area contributed by atoms with Crippen molar-refractivity contribution >= 4 is 11.7 Å². The SMILES string of the molecule is CCCn1c(C)c(CC(=O)N(CC)Cc2nc(C)no2)c2c1CC(C)(C)CC2=O. The number of fused-ring (bicyclic) bond motifs is 1. The molecule has 0 saturated carbocycles. The molecule has 0 spiro atoms. The molecule has 158 valence electrons. The van der Waals surface area contributed by atoms with Gasteiger partial charge in [-0.05, 0) is 44.6 Å². The predicted octanol–water partition coefficient (Wildman–Crippen LogP) is 3.64. The van der Waals surface area contributed by atoms with Gasteiger partial charge in [0.15, 0.2) is 11.6 Å². The average Bonchev–Trinajstić information content (AvgIpc) is 3.15. The van der Waals surface area contributed by atoms with Crippen LogP contribution in [-0.2, 0) is 30.7 Å². The fraction of sp³-hybridized carbons (Fsp3) is 0.636. The molecule has 3 rings (SSSR count). The number of hydrogen-bond donors (Lipinski definition) is 0. The van der Waals surface area contributed by atoms with Crippen LogP contribution in [0.4, 0.5) is 0 Å². The Morgan fingerprint density at radius 2 is 1.97 bits per heavy atom. The van der Waals surface area contributed by atoms with Gasteiger partial charge in [0, 0.05) is 36.5 Å². The molecule has 0 atom stereocenters. The van der Waals surface area contributed by atoms with Crippen molar-refractivity contribution in [3.05, 3.63) is 34.2 Å². The molecule has 1 aliphatic rings. The summed E-state index contributed by atoms with van der Waals surface area (Å²) < 4.78 is 7.43. The van der Waals surface area contributed by atoms with Crippen molar-refractivity contribution in [1.29, 1.82) is 0 Å². The van der Waals surface area contributed by atoms with E-state index in [0.717, 1.165) is 41.9 Å². The highest BCUT2D eigenvalue weighted by atomic mass is 16.5. The first-order chi connectivity index (χ1) is 13.7. The number of aromatic nitrogens is 3. The minimum atomic E-state index is -0.0487. The lowest BCUT2D eigenvalue weighted by Gasteiger charge is -2.30. The summed E-state index contributed by atoms with van der Waals surface area (Å²) in [5, 5.41) is 3.79. The van der Waals surface area contributed by atoms with Crippen LogP contribution in [0.2, 0.25) is 0 Å². The van der Waals surface area contributed by atoms with E-state index in [1.165, 1.54) is 0 Å². The topological polar surface area (TPSA) is 81.2 Å². The summed E-state index contributed by atoms with van der Waals surface area (Å²) >= 11 is 0. The predicted molar refractivity (Wildman–Crippen MR) is 110 cm³/mol. The summed E-state index contributed by atoms with van der Waals surface area (Å²) in [5.41, 5.74) is 3.77. The largest absolute Gasteiger partial charge is 0.348 e. The van der Waals surface area contributed by atoms with E-state index in [9.17, 15) is 9.59 Å². The molecule has 7 heteroatoms. The van der Waals surface area contributed by atoms with Crippen LogP contribution in [0.5, 0.6) is 0 Å². The Kier molecular flexibility index (Phi) is 5.96. The summed E-state index contributed by atoms with van der Waals surface area (Å²) in [6.07, 6.45) is 2.59. The molecule has 0 aromatic carbocycles. The van der Waals surface area contributed by atoms with Gasteiger partial charge in [-0.2, -0.15) is 4.98 Å². The maximum Gasteiger partial charge on any atom is 0.246 e. The normalized spacial score (nSPS) is 15.4. The second-order valence-corrected chi connectivity index (χ2v) is 8.80. The van der Waals surface area contributed by atoms with Crippen LogP contribution in [0.3, 0.4) is 0 Å². The average molecular weight is 401 g/mol. The van der Waals surface area contributed by atoms with Crippen molar-refractivity contribution in [1.82, 2.24) is 19.6 Å². The van der Waals surface area contributed by atoms with Gasteiger partial charge in [0.1, 0.15) is 0 Å². The van der Waals surface area contributed by atoms with Gasteiger partial charge in [-0.3, -0.25) is 9.59 Å². The molecule has 2 aromatic heterocycles. The highest BCUT2D eigenvalue weighted by Gasteiger charge is 2.37. The van der Waals surface area contributed by atoms with Crippen molar-refractivity contribution < 1.29 is 14.1 Å². The van der Waals surface area contributed by atoms with Crippen molar-refractivity contribution in [3.8, 4) is 0 Å². The fourth-order valence-corrected chi connectivity index (χ4v) is 4.36. The lowest BCUT2D eigenvalue weighted by Crippen LogP contribution is -2.33. The Bertz CT molecular complexity index is 923. The number of amides is 1. The number of carbonyl (C=O) groups excluding carboxylic acids is 2. The molecule has 0 unspecified atom stereocenters. The molecule has 2 aromatic rings. The fourth-order valence-electron chi connectivity index (χ4n) is 4.36. The van der Waals surface area contributed by atoms with Crippen LogP contribution in [0.15, 0.2) is 4.52 Å². The Hall–Kier alpha value is -2.44. The first-order valence-electron chi connectivity index (χ1n) is 10.5. The summed E-state index contributed by atoms with van der Waals surface area (Å²) in [6.45, 7) is 13.8. The number of hydrogen-bond acceptors (Lipinski definition) is 5. The van der Waals surface area contributed by atoms with E-state index in [-0.39, 0.29) is 30.1 Å². The molecule has 2 heterocycles. The first-order valence-corrected chi connectivity index (χ1v) is 10.5. The zero-order chi connectivity index (χ0) is 21.3. The van der Waals surface area contributed by atoms with Crippen LogP contribution in [-0.4, -0.2) is 37.8 Å². The van der Waals surface area contributed by atoms with E-state index in [2.05, 4.69) is 35.5 Å². The summed E-state index contributed by atoms with van der Waals surface area (Å²) in [4.78, 5) is 32.0. The second-order valence-electron chi connectivity index (χ2n) is 8.80. The number of Topliss-reactive ketones (excluding diaryl/α,β-unsaturated/α-hetero) is 1. The summed E-state index contributed by atoms with van der Waals surface area (Å²) in [5.74, 6) is 1.12. The zero-order valence-corrected chi connectivity index (χ0v) is 18.5. The Morgan fingerprint density at radius 1 is 1.24 bits per heavy atom. The quantitative estimate of drug-likeness (QED) is 0.709. The van der Waals surface area contributed by atoms with Crippen LogP contribution in [0.1, 0.15) is 79.6 Å². The monoisotopic (exact) mass is 400 g/mol. The number of carbonyl (C=O) groups is 2. The van der Waals surface area contributed by atoms with E-state index >= 15 is 0 Å². The zero-order valence-electron chi connectivity index (χ0n) is 18.5. The maximum absolute atomic E-state index is 13.1. The molecule has 1 aliphatic carbocycles. The third kappa shape index (κ3) is 4.28. The molecule has 0 aliphatic heterocycles. The third-order valence-corrected chi connectivity index (χ3v) is 5.73. The van der Waals surface area contributed by atoms with Gasteiger partial charge in [0.05, 0.1) is 13.0 Å². The van der Waals surface area contributed by atoms with Crippen molar-refractivity contribution in [3.63, 3.8) is 0 Å². The lowest BCUT2D eigenvalue weighted by atomic mass is 9.75. The molecular weight excluding hydrogens is 368 g/mol. The number of likely N-dealkylation sites (N-methyl/N-ethyl adjacent to an activating group) is 1. The van der Waals surface area contributed by atoms with Crippen molar-refractivity contribution in [2.75, 3.05) is 6.54 Å². The van der Waals surface area contributed by atoms with Crippen molar-refractivity contribution in [2.45, 2.75) is 80.3 Å². The van der Waals surface area contributed by atoms with Crippen LogP contribution in [0.25, 0.3) is 0 Å². The van der Waals surface area contributed by atoms with E-state index in [1.54, 1.807) is 11.8 Å². The maximum atomic E-state index is 13.1. The van der Waals surface area contributed by atoms with Gasteiger partial charge in [0.2, 0.25) is 11.8 Å². The molecule has 0 N–H and O–H groups in total. The molecule has 7 nitrogen and oxygen atoms in total. The molecule has 0 bridgehead atoms.